The molecule has 1 saturated carbocycles. The maximum Gasteiger partial charge on any atom is 0.307 e. The number of benzene rings is 1. The maximum atomic E-state index is 12.3. The van der Waals surface area contributed by atoms with Gasteiger partial charge in [-0.1, -0.05) is 37.0 Å². The van der Waals surface area contributed by atoms with Crippen LogP contribution in [-0.4, -0.2) is 39.0 Å². The van der Waals surface area contributed by atoms with Gasteiger partial charge < -0.3 is 10.1 Å². The summed E-state index contributed by atoms with van der Waals surface area (Å²) >= 11 is 0. The highest BCUT2D eigenvalue weighted by atomic mass is 32.2. The van der Waals surface area contributed by atoms with Gasteiger partial charge in [-0.15, -0.1) is 0 Å². The van der Waals surface area contributed by atoms with Crippen LogP contribution in [0.3, 0.4) is 0 Å². The van der Waals surface area contributed by atoms with Gasteiger partial charge in [-0.2, -0.15) is 5.26 Å². The quantitative estimate of drug-likeness (QED) is 0.617. The number of hydrogen-bond acceptors (Lipinski definition) is 6. The van der Waals surface area contributed by atoms with Gasteiger partial charge in [-0.05, 0) is 38.3 Å². The van der Waals surface area contributed by atoms with E-state index in [1.165, 1.54) is 6.07 Å². The van der Waals surface area contributed by atoms with E-state index < -0.39 is 34.0 Å². The molecule has 0 heterocycles. The number of nitrogens with one attached hydrogen (secondary N) is 2. The molecule has 0 radical (unpaired) electrons. The van der Waals surface area contributed by atoms with Crippen LogP contribution >= 0.6 is 0 Å². The maximum absolute atomic E-state index is 12.3. The SMILES string of the molecule is Cc1ccc(S(=O)(=O)NCCC(=O)OCC(=O)NC2(C#N)CCCCC2)c(C)c1. The summed E-state index contributed by atoms with van der Waals surface area (Å²) in [5, 5.41) is 12.0. The zero-order valence-corrected chi connectivity index (χ0v) is 17.6. The Bertz CT molecular complexity index is 899. The zero-order valence-electron chi connectivity index (χ0n) is 16.8. The topological polar surface area (TPSA) is 125 Å². The number of hydrogen-bond donors (Lipinski definition) is 2. The number of nitrogens with zero attached hydrogens (tertiary/aromatic N) is 1. The standard InChI is InChI=1S/C20H27N3O5S/c1-15-6-7-17(16(2)12-15)29(26,27)22-11-8-19(25)28-13-18(24)23-20(14-21)9-4-3-5-10-20/h6-7,12,22H,3-5,8-11,13H2,1-2H3,(H,23,24). The lowest BCUT2D eigenvalue weighted by atomic mass is 9.83. The zero-order chi connectivity index (χ0) is 21.5. The summed E-state index contributed by atoms with van der Waals surface area (Å²) in [6.07, 6.45) is 3.74. The Morgan fingerprint density at radius 2 is 1.90 bits per heavy atom. The van der Waals surface area contributed by atoms with E-state index in [9.17, 15) is 23.3 Å². The van der Waals surface area contributed by atoms with E-state index in [4.69, 9.17) is 4.74 Å². The molecule has 0 aliphatic heterocycles. The van der Waals surface area contributed by atoms with Crippen LogP contribution in [0.4, 0.5) is 0 Å². The second-order valence-electron chi connectivity index (χ2n) is 7.38. The minimum absolute atomic E-state index is 0.141. The van der Waals surface area contributed by atoms with Crippen molar-refractivity contribution in [2.45, 2.75) is 62.8 Å². The average Bonchev–Trinajstić information content (AvgIpc) is 2.66. The van der Waals surface area contributed by atoms with Crippen molar-refractivity contribution < 1.29 is 22.7 Å². The Balaban J connectivity index is 1.77. The van der Waals surface area contributed by atoms with E-state index in [2.05, 4.69) is 16.1 Å². The second-order valence-corrected chi connectivity index (χ2v) is 9.12. The van der Waals surface area contributed by atoms with E-state index in [0.717, 1.165) is 24.8 Å². The summed E-state index contributed by atoms with van der Waals surface area (Å²) < 4.78 is 31.9. The van der Waals surface area contributed by atoms with Crippen LogP contribution in [0.25, 0.3) is 0 Å². The number of aryl methyl sites for hydroxylation is 2. The predicted molar refractivity (Wildman–Crippen MR) is 106 cm³/mol. The molecule has 2 rings (SSSR count). The number of sulfonamides is 1. The van der Waals surface area contributed by atoms with Crippen LogP contribution in [-0.2, 0) is 24.3 Å². The fraction of sp³-hybridized carbons (Fsp3) is 0.550. The summed E-state index contributed by atoms with van der Waals surface area (Å²) in [6, 6.07) is 7.15. The van der Waals surface area contributed by atoms with E-state index in [1.807, 2.05) is 6.92 Å². The van der Waals surface area contributed by atoms with Gasteiger partial charge in [0.2, 0.25) is 10.0 Å². The van der Waals surface area contributed by atoms with Crippen LogP contribution in [0, 0.1) is 25.2 Å². The van der Waals surface area contributed by atoms with Crippen molar-refractivity contribution in [1.82, 2.24) is 10.0 Å². The largest absolute Gasteiger partial charge is 0.456 e. The Hall–Kier alpha value is -2.44. The monoisotopic (exact) mass is 421 g/mol. The Morgan fingerprint density at radius 3 is 2.52 bits per heavy atom. The third-order valence-corrected chi connectivity index (χ3v) is 6.53. The Labute approximate surface area is 171 Å². The third kappa shape index (κ3) is 6.54. The van der Waals surface area contributed by atoms with Crippen molar-refractivity contribution in [2.75, 3.05) is 13.2 Å². The van der Waals surface area contributed by atoms with Crippen molar-refractivity contribution in [3.63, 3.8) is 0 Å². The van der Waals surface area contributed by atoms with Crippen molar-refractivity contribution in [3.05, 3.63) is 29.3 Å². The minimum atomic E-state index is -3.74. The van der Waals surface area contributed by atoms with Gasteiger partial charge in [0.1, 0.15) is 5.54 Å². The number of carbonyl (C=O) groups excluding carboxylic acids is 2. The molecule has 1 fully saturated rings. The molecule has 0 bridgehead atoms. The number of amides is 1. The smallest absolute Gasteiger partial charge is 0.307 e. The molecule has 2 N–H and O–H groups in total. The van der Waals surface area contributed by atoms with E-state index in [-0.39, 0.29) is 17.9 Å². The molecule has 0 saturated heterocycles. The van der Waals surface area contributed by atoms with Crippen LogP contribution < -0.4 is 10.0 Å². The van der Waals surface area contributed by atoms with E-state index in [0.29, 0.717) is 18.4 Å². The number of esters is 1. The molecule has 158 valence electrons. The number of carbonyl (C=O) groups is 2. The summed E-state index contributed by atoms with van der Waals surface area (Å²) in [5.41, 5.74) is 0.684. The first kappa shape index (κ1) is 22.8. The normalized spacial score (nSPS) is 15.9. The molecule has 29 heavy (non-hydrogen) atoms. The lowest BCUT2D eigenvalue weighted by molar-refractivity contribution is -0.148. The van der Waals surface area contributed by atoms with Gasteiger partial charge >= 0.3 is 5.97 Å². The molecular weight excluding hydrogens is 394 g/mol. The van der Waals surface area contributed by atoms with Crippen molar-refractivity contribution in [2.24, 2.45) is 0 Å². The van der Waals surface area contributed by atoms with E-state index in [1.54, 1.807) is 19.1 Å². The molecule has 0 unspecified atom stereocenters. The fourth-order valence-corrected chi connectivity index (χ4v) is 4.66. The van der Waals surface area contributed by atoms with Gasteiger partial charge in [-0.25, -0.2) is 13.1 Å². The molecule has 1 aliphatic carbocycles. The van der Waals surface area contributed by atoms with Gasteiger partial charge in [-0.3, -0.25) is 9.59 Å². The summed E-state index contributed by atoms with van der Waals surface area (Å²) in [4.78, 5) is 24.0. The molecule has 1 aromatic carbocycles. The van der Waals surface area contributed by atoms with Crippen molar-refractivity contribution in [3.8, 4) is 6.07 Å². The lowest BCUT2D eigenvalue weighted by Gasteiger charge is -2.31. The number of nitriles is 1. The molecule has 0 atom stereocenters. The summed E-state index contributed by atoms with van der Waals surface area (Å²) in [7, 11) is -3.74. The van der Waals surface area contributed by atoms with Crippen LogP contribution in [0.2, 0.25) is 0 Å². The molecule has 9 heteroatoms. The summed E-state index contributed by atoms with van der Waals surface area (Å²) in [6.45, 7) is 2.94. The first-order valence-electron chi connectivity index (χ1n) is 9.62. The minimum Gasteiger partial charge on any atom is -0.456 e. The highest BCUT2D eigenvalue weighted by Crippen LogP contribution is 2.27. The summed E-state index contributed by atoms with van der Waals surface area (Å²) in [5.74, 6) is -1.23. The van der Waals surface area contributed by atoms with Crippen molar-refractivity contribution >= 4 is 21.9 Å². The number of ether oxygens (including phenoxy) is 1. The lowest BCUT2D eigenvalue weighted by Crippen LogP contribution is -2.50. The second kappa shape index (κ2) is 9.85. The molecule has 1 aliphatic rings. The fourth-order valence-electron chi connectivity index (χ4n) is 3.41. The predicted octanol–water partition coefficient (Wildman–Crippen LogP) is 1.86. The molecule has 1 amide bonds. The highest BCUT2D eigenvalue weighted by molar-refractivity contribution is 7.89. The van der Waals surface area contributed by atoms with Crippen LogP contribution in [0.1, 0.15) is 49.7 Å². The molecular formula is C20H27N3O5S. The van der Waals surface area contributed by atoms with Crippen LogP contribution in [0.15, 0.2) is 23.1 Å². The Morgan fingerprint density at radius 1 is 1.21 bits per heavy atom. The average molecular weight is 422 g/mol. The molecule has 0 aromatic heterocycles. The van der Waals surface area contributed by atoms with Gasteiger partial charge in [0.05, 0.1) is 17.4 Å². The molecule has 1 aromatic rings. The third-order valence-electron chi connectivity index (χ3n) is 4.91. The van der Waals surface area contributed by atoms with Crippen LogP contribution in [0.5, 0.6) is 0 Å². The molecule has 8 nitrogen and oxygen atoms in total. The molecule has 0 spiro atoms. The van der Waals surface area contributed by atoms with E-state index >= 15 is 0 Å². The first-order chi connectivity index (χ1) is 13.7. The first-order valence-corrected chi connectivity index (χ1v) is 11.1. The van der Waals surface area contributed by atoms with Gasteiger partial charge in [0.15, 0.2) is 6.61 Å². The Kier molecular flexibility index (Phi) is 7.76. The highest BCUT2D eigenvalue weighted by Gasteiger charge is 2.33. The van der Waals surface area contributed by atoms with Gasteiger partial charge in [0, 0.05) is 6.54 Å². The number of rotatable bonds is 8. The van der Waals surface area contributed by atoms with Crippen molar-refractivity contribution in [1.29, 1.82) is 5.26 Å². The van der Waals surface area contributed by atoms with Gasteiger partial charge in [0.25, 0.3) is 5.91 Å².